The van der Waals surface area contributed by atoms with Gasteiger partial charge >= 0.3 is 5.97 Å². The van der Waals surface area contributed by atoms with E-state index in [1.165, 1.54) is 12.3 Å². The SMILES string of the molecule is CCCOc1c[nH]c(CS(=O)C(C)C(=O)OCc2ccccc2)cc1=O. The molecule has 140 valence electrons. The van der Waals surface area contributed by atoms with Crippen LogP contribution in [0.15, 0.2) is 47.4 Å². The number of pyridine rings is 1. The molecule has 0 aliphatic rings. The van der Waals surface area contributed by atoms with Gasteiger partial charge in [0.2, 0.25) is 5.43 Å². The Bertz CT molecular complexity index is 803. The summed E-state index contributed by atoms with van der Waals surface area (Å²) < 4.78 is 22.9. The first-order valence-corrected chi connectivity index (χ1v) is 9.81. The zero-order valence-corrected chi connectivity index (χ0v) is 15.7. The van der Waals surface area contributed by atoms with Crippen molar-refractivity contribution in [3.05, 3.63) is 64.1 Å². The molecule has 0 saturated heterocycles. The van der Waals surface area contributed by atoms with Gasteiger partial charge < -0.3 is 14.5 Å². The number of benzene rings is 1. The molecule has 1 N–H and O–H groups in total. The van der Waals surface area contributed by atoms with Crippen molar-refractivity contribution in [3.8, 4) is 5.75 Å². The van der Waals surface area contributed by atoms with Crippen molar-refractivity contribution < 1.29 is 18.5 Å². The maximum Gasteiger partial charge on any atom is 0.321 e. The molecular formula is C19H23NO5S. The van der Waals surface area contributed by atoms with Crippen molar-refractivity contribution in [2.24, 2.45) is 0 Å². The van der Waals surface area contributed by atoms with E-state index in [-0.39, 0.29) is 23.5 Å². The molecule has 0 radical (unpaired) electrons. The van der Waals surface area contributed by atoms with E-state index in [9.17, 15) is 13.8 Å². The highest BCUT2D eigenvalue weighted by molar-refractivity contribution is 7.85. The number of esters is 1. The zero-order chi connectivity index (χ0) is 18.9. The molecule has 1 heterocycles. The van der Waals surface area contributed by atoms with Crippen LogP contribution < -0.4 is 10.2 Å². The van der Waals surface area contributed by atoms with Crippen molar-refractivity contribution in [1.29, 1.82) is 0 Å². The van der Waals surface area contributed by atoms with E-state index in [4.69, 9.17) is 9.47 Å². The summed E-state index contributed by atoms with van der Waals surface area (Å²) in [7, 11) is -1.51. The number of hydrogen-bond acceptors (Lipinski definition) is 5. The van der Waals surface area contributed by atoms with E-state index < -0.39 is 22.0 Å². The van der Waals surface area contributed by atoms with Gasteiger partial charge in [-0.15, -0.1) is 0 Å². The molecule has 2 rings (SSSR count). The number of carbonyl (C=O) groups excluding carboxylic acids is 1. The largest absolute Gasteiger partial charge is 0.488 e. The minimum atomic E-state index is -1.51. The van der Waals surface area contributed by atoms with Gasteiger partial charge in [0.1, 0.15) is 11.9 Å². The van der Waals surface area contributed by atoms with Crippen LogP contribution in [0.1, 0.15) is 31.5 Å². The van der Waals surface area contributed by atoms with Gasteiger partial charge in [0, 0.05) is 28.8 Å². The first kappa shape index (κ1) is 19.9. The summed E-state index contributed by atoms with van der Waals surface area (Å²) in [5.74, 6) is -0.237. The standard InChI is InChI=1S/C19H23NO5S/c1-3-9-24-18-11-20-16(10-17(18)21)13-26(23)14(2)19(22)25-12-15-7-5-4-6-8-15/h4-8,10-11,14H,3,9,12-13H2,1-2H3,(H,20,21). The maximum atomic E-state index is 12.4. The summed E-state index contributed by atoms with van der Waals surface area (Å²) in [6.07, 6.45) is 2.26. The number of hydrogen-bond donors (Lipinski definition) is 1. The molecule has 2 unspecified atom stereocenters. The lowest BCUT2D eigenvalue weighted by molar-refractivity contribution is -0.144. The van der Waals surface area contributed by atoms with Crippen LogP contribution in [0.2, 0.25) is 0 Å². The number of rotatable bonds is 9. The fourth-order valence-corrected chi connectivity index (χ4v) is 3.15. The van der Waals surface area contributed by atoms with Gasteiger partial charge in [-0.25, -0.2) is 0 Å². The Kier molecular flexibility index (Phi) is 7.59. The zero-order valence-electron chi connectivity index (χ0n) is 14.9. The summed E-state index contributed by atoms with van der Waals surface area (Å²) in [6, 6.07) is 10.6. The number of nitrogens with one attached hydrogen (secondary N) is 1. The minimum Gasteiger partial charge on any atom is -0.488 e. The quantitative estimate of drug-likeness (QED) is 0.679. The number of carbonyl (C=O) groups is 1. The molecule has 0 fully saturated rings. The molecule has 0 amide bonds. The molecule has 26 heavy (non-hydrogen) atoms. The van der Waals surface area contributed by atoms with Gasteiger partial charge in [0.05, 0.1) is 12.4 Å². The average molecular weight is 377 g/mol. The first-order valence-electron chi connectivity index (χ1n) is 8.43. The molecule has 7 heteroatoms. The third-order valence-corrected chi connectivity index (χ3v) is 5.22. The Labute approximate surface area is 155 Å². The monoisotopic (exact) mass is 377 g/mol. The highest BCUT2D eigenvalue weighted by atomic mass is 32.2. The topological polar surface area (TPSA) is 85.5 Å². The lowest BCUT2D eigenvalue weighted by Gasteiger charge is -2.12. The lowest BCUT2D eigenvalue weighted by atomic mass is 10.2. The third kappa shape index (κ3) is 5.84. The third-order valence-electron chi connectivity index (χ3n) is 3.65. The number of H-pyrrole nitrogens is 1. The smallest absolute Gasteiger partial charge is 0.321 e. The first-order chi connectivity index (χ1) is 12.5. The minimum absolute atomic E-state index is 0.0604. The summed E-state index contributed by atoms with van der Waals surface area (Å²) >= 11 is 0. The molecule has 0 saturated carbocycles. The fraction of sp³-hybridized carbons (Fsp3) is 0.368. The predicted molar refractivity (Wildman–Crippen MR) is 100 cm³/mol. The Morgan fingerprint density at radius 3 is 2.65 bits per heavy atom. The molecule has 2 atom stereocenters. The molecule has 0 aliphatic carbocycles. The lowest BCUT2D eigenvalue weighted by Crippen LogP contribution is -2.26. The normalized spacial score (nSPS) is 13.0. The van der Waals surface area contributed by atoms with Crippen LogP contribution in [-0.4, -0.2) is 27.0 Å². The van der Waals surface area contributed by atoms with E-state index in [1.807, 2.05) is 37.3 Å². The summed E-state index contributed by atoms with van der Waals surface area (Å²) in [4.78, 5) is 26.9. The molecule has 0 bridgehead atoms. The summed E-state index contributed by atoms with van der Waals surface area (Å²) in [5.41, 5.74) is 1.08. The molecule has 1 aromatic carbocycles. The van der Waals surface area contributed by atoms with Crippen LogP contribution in [0.4, 0.5) is 0 Å². The predicted octanol–water partition coefficient (Wildman–Crippen LogP) is 2.54. The van der Waals surface area contributed by atoms with Gasteiger partial charge in [0.25, 0.3) is 0 Å². The van der Waals surface area contributed by atoms with Gasteiger partial charge in [-0.1, -0.05) is 37.3 Å². The molecule has 2 aromatic rings. The second kappa shape index (κ2) is 9.91. The number of aromatic nitrogens is 1. The molecule has 6 nitrogen and oxygen atoms in total. The molecule has 1 aromatic heterocycles. The van der Waals surface area contributed by atoms with E-state index in [0.717, 1.165) is 12.0 Å². The van der Waals surface area contributed by atoms with Crippen molar-refractivity contribution in [2.45, 2.75) is 37.9 Å². The van der Waals surface area contributed by atoms with Crippen LogP contribution in [-0.2, 0) is 32.7 Å². The van der Waals surface area contributed by atoms with Crippen molar-refractivity contribution in [2.75, 3.05) is 6.61 Å². The van der Waals surface area contributed by atoms with Crippen molar-refractivity contribution >= 4 is 16.8 Å². The Hall–Kier alpha value is -2.41. The van der Waals surface area contributed by atoms with E-state index in [0.29, 0.717) is 12.3 Å². The Morgan fingerprint density at radius 2 is 2.00 bits per heavy atom. The van der Waals surface area contributed by atoms with Crippen LogP contribution >= 0.6 is 0 Å². The van der Waals surface area contributed by atoms with Gasteiger partial charge in [-0.3, -0.25) is 13.8 Å². The van der Waals surface area contributed by atoms with E-state index >= 15 is 0 Å². The van der Waals surface area contributed by atoms with Crippen LogP contribution in [0.5, 0.6) is 5.75 Å². The average Bonchev–Trinajstić information content (AvgIpc) is 2.65. The number of aromatic amines is 1. The summed E-state index contributed by atoms with van der Waals surface area (Å²) in [6.45, 7) is 4.10. The second-order valence-corrected chi connectivity index (χ2v) is 7.55. The van der Waals surface area contributed by atoms with Gasteiger partial charge in [-0.2, -0.15) is 0 Å². The second-order valence-electron chi connectivity index (χ2n) is 5.80. The van der Waals surface area contributed by atoms with Crippen molar-refractivity contribution in [3.63, 3.8) is 0 Å². The maximum absolute atomic E-state index is 12.4. The van der Waals surface area contributed by atoms with E-state index in [1.54, 1.807) is 6.92 Å². The molecule has 0 spiro atoms. The van der Waals surface area contributed by atoms with E-state index in [2.05, 4.69) is 4.98 Å². The van der Waals surface area contributed by atoms with Crippen molar-refractivity contribution in [1.82, 2.24) is 4.98 Å². The Morgan fingerprint density at radius 1 is 1.27 bits per heavy atom. The van der Waals surface area contributed by atoms with Gasteiger partial charge in [0.15, 0.2) is 5.75 Å². The summed E-state index contributed by atoms with van der Waals surface area (Å²) in [5, 5.41) is -0.793. The van der Waals surface area contributed by atoms with Gasteiger partial charge in [-0.05, 0) is 18.9 Å². The highest BCUT2D eigenvalue weighted by Crippen LogP contribution is 2.10. The van der Waals surface area contributed by atoms with Crippen LogP contribution in [0.3, 0.4) is 0 Å². The number of ether oxygens (including phenoxy) is 2. The fourth-order valence-electron chi connectivity index (χ4n) is 2.14. The van der Waals surface area contributed by atoms with Crippen LogP contribution in [0.25, 0.3) is 0 Å². The van der Waals surface area contributed by atoms with Crippen LogP contribution in [0, 0.1) is 0 Å². The highest BCUT2D eigenvalue weighted by Gasteiger charge is 2.22. The Balaban J connectivity index is 1.90. The molecular weight excluding hydrogens is 354 g/mol. The molecule has 0 aliphatic heterocycles.